The van der Waals surface area contributed by atoms with Gasteiger partial charge in [-0.25, -0.2) is 13.2 Å². The summed E-state index contributed by atoms with van der Waals surface area (Å²) >= 11 is 0. The molecule has 0 saturated heterocycles. The van der Waals surface area contributed by atoms with Gasteiger partial charge in [0.05, 0.1) is 24.9 Å². The van der Waals surface area contributed by atoms with Crippen molar-refractivity contribution in [3.63, 3.8) is 0 Å². The monoisotopic (exact) mass is 319 g/mol. The number of carboxylic acid groups (broad SMARTS) is 1. The molecule has 1 unspecified atom stereocenters. The maximum Gasteiger partial charge on any atom is 0.404 e. The standard InChI is InChI=1S/C11H13NO8S/c1-19-8-4-3-7(5-9(8)20-2)6-21(17,18)10(11(13)14)12(15)16/h3-5,10H,6H2,1-2H3,(H,13,14). The number of carbonyl (C=O) groups is 1. The van der Waals surface area contributed by atoms with E-state index in [9.17, 15) is 23.3 Å². The lowest BCUT2D eigenvalue weighted by atomic mass is 10.2. The van der Waals surface area contributed by atoms with E-state index in [1.807, 2.05) is 0 Å². The molecule has 0 bridgehead atoms. The first-order valence-corrected chi connectivity index (χ1v) is 7.23. The third kappa shape index (κ3) is 3.81. The highest BCUT2D eigenvalue weighted by Crippen LogP contribution is 2.28. The van der Waals surface area contributed by atoms with Crippen LogP contribution in [0.1, 0.15) is 5.56 Å². The fourth-order valence-electron chi connectivity index (χ4n) is 1.66. The van der Waals surface area contributed by atoms with Crippen LogP contribution in [0.25, 0.3) is 0 Å². The zero-order valence-corrected chi connectivity index (χ0v) is 12.0. The molecule has 1 N–H and O–H groups in total. The lowest BCUT2D eigenvalue weighted by molar-refractivity contribution is -0.486. The Morgan fingerprint density at radius 2 is 1.90 bits per heavy atom. The number of nitrogens with zero attached hydrogens (tertiary/aromatic N) is 1. The molecular weight excluding hydrogens is 306 g/mol. The average molecular weight is 319 g/mol. The van der Waals surface area contributed by atoms with Crippen LogP contribution in [-0.2, 0) is 20.4 Å². The van der Waals surface area contributed by atoms with Gasteiger partial charge in [0.2, 0.25) is 9.84 Å². The van der Waals surface area contributed by atoms with Gasteiger partial charge in [0.25, 0.3) is 0 Å². The van der Waals surface area contributed by atoms with Gasteiger partial charge in [0.15, 0.2) is 11.5 Å². The minimum Gasteiger partial charge on any atom is -0.493 e. The Kier molecular flexibility index (Phi) is 5.08. The molecule has 116 valence electrons. The van der Waals surface area contributed by atoms with Crippen LogP contribution in [0.5, 0.6) is 11.5 Å². The summed E-state index contributed by atoms with van der Waals surface area (Å²) in [5.41, 5.74) is 0.153. The van der Waals surface area contributed by atoms with E-state index < -0.39 is 31.9 Å². The molecule has 0 amide bonds. The fourth-order valence-corrected chi connectivity index (χ4v) is 3.03. The van der Waals surface area contributed by atoms with Gasteiger partial charge < -0.3 is 14.6 Å². The number of methoxy groups -OCH3 is 2. The quantitative estimate of drug-likeness (QED) is 0.560. The van der Waals surface area contributed by atoms with Gasteiger partial charge in [-0.2, -0.15) is 0 Å². The Labute approximate surface area is 120 Å². The number of rotatable bonds is 7. The van der Waals surface area contributed by atoms with Gasteiger partial charge in [0, 0.05) is 0 Å². The van der Waals surface area contributed by atoms with Crippen molar-refractivity contribution in [2.45, 2.75) is 11.1 Å². The predicted octanol–water partition coefficient (Wildman–Crippen LogP) is 0.306. The van der Waals surface area contributed by atoms with E-state index in [-0.39, 0.29) is 11.3 Å². The number of ether oxygens (including phenoxy) is 2. The molecular formula is C11H13NO8S. The molecule has 10 heteroatoms. The molecule has 21 heavy (non-hydrogen) atoms. The maximum absolute atomic E-state index is 11.8. The van der Waals surface area contributed by atoms with Crippen molar-refractivity contribution in [1.82, 2.24) is 0 Å². The summed E-state index contributed by atoms with van der Waals surface area (Å²) in [7, 11) is -1.78. The first kappa shape index (κ1) is 16.7. The van der Waals surface area contributed by atoms with Crippen molar-refractivity contribution in [3.05, 3.63) is 33.9 Å². The molecule has 0 aliphatic rings. The number of nitro groups is 1. The smallest absolute Gasteiger partial charge is 0.404 e. The summed E-state index contributed by atoms with van der Waals surface area (Å²) in [5, 5.41) is 16.6. The summed E-state index contributed by atoms with van der Waals surface area (Å²) in [6, 6.07) is 4.10. The molecule has 0 saturated carbocycles. The molecule has 1 aromatic rings. The Morgan fingerprint density at radius 1 is 1.33 bits per heavy atom. The predicted molar refractivity (Wildman–Crippen MR) is 70.6 cm³/mol. The molecule has 0 heterocycles. The van der Waals surface area contributed by atoms with Crippen molar-refractivity contribution in [1.29, 1.82) is 0 Å². The van der Waals surface area contributed by atoms with Crippen LogP contribution in [0.15, 0.2) is 18.2 Å². The van der Waals surface area contributed by atoms with Gasteiger partial charge >= 0.3 is 11.3 Å². The highest BCUT2D eigenvalue weighted by atomic mass is 32.2. The van der Waals surface area contributed by atoms with Crippen LogP contribution in [0.3, 0.4) is 0 Å². The zero-order chi connectivity index (χ0) is 16.2. The van der Waals surface area contributed by atoms with Crippen LogP contribution in [0.2, 0.25) is 0 Å². The summed E-state index contributed by atoms with van der Waals surface area (Å²) in [6.45, 7) is 0. The molecule has 1 aromatic carbocycles. The number of hydrogen-bond acceptors (Lipinski definition) is 7. The lowest BCUT2D eigenvalue weighted by Gasteiger charge is -2.10. The molecule has 0 fully saturated rings. The van der Waals surface area contributed by atoms with Crippen molar-refractivity contribution in [2.24, 2.45) is 0 Å². The molecule has 1 atom stereocenters. The summed E-state index contributed by atoms with van der Waals surface area (Å²) < 4.78 is 33.6. The highest BCUT2D eigenvalue weighted by Gasteiger charge is 2.43. The second kappa shape index (κ2) is 6.39. The Hall–Kier alpha value is -2.36. The van der Waals surface area contributed by atoms with E-state index in [4.69, 9.17) is 14.6 Å². The first-order valence-electron chi connectivity index (χ1n) is 5.51. The normalized spacial score (nSPS) is 12.5. The summed E-state index contributed by atoms with van der Waals surface area (Å²) in [4.78, 5) is 20.0. The Bertz CT molecular complexity index is 640. The van der Waals surface area contributed by atoms with Crippen molar-refractivity contribution < 1.29 is 32.7 Å². The number of aliphatic carboxylic acids is 1. The van der Waals surface area contributed by atoms with Crippen molar-refractivity contribution in [2.75, 3.05) is 14.2 Å². The molecule has 0 radical (unpaired) electrons. The van der Waals surface area contributed by atoms with Crippen LogP contribution >= 0.6 is 0 Å². The molecule has 0 aromatic heterocycles. The molecule has 0 spiro atoms. The maximum atomic E-state index is 11.8. The van der Waals surface area contributed by atoms with Crippen LogP contribution in [0, 0.1) is 10.1 Å². The number of carboxylic acids is 1. The highest BCUT2D eigenvalue weighted by molar-refractivity contribution is 7.91. The molecule has 9 nitrogen and oxygen atoms in total. The van der Waals surface area contributed by atoms with Crippen LogP contribution < -0.4 is 9.47 Å². The molecule has 1 rings (SSSR count). The third-order valence-corrected chi connectivity index (χ3v) is 4.35. The van der Waals surface area contributed by atoms with Crippen LogP contribution in [-0.4, -0.2) is 44.0 Å². The number of benzene rings is 1. The fraction of sp³-hybridized carbons (Fsp3) is 0.364. The summed E-state index contributed by atoms with van der Waals surface area (Å²) in [5.74, 6) is -2.24. The van der Waals surface area contributed by atoms with E-state index in [0.717, 1.165) is 0 Å². The Morgan fingerprint density at radius 3 is 2.33 bits per heavy atom. The average Bonchev–Trinajstić information content (AvgIpc) is 2.36. The van der Waals surface area contributed by atoms with E-state index in [0.29, 0.717) is 5.75 Å². The largest absolute Gasteiger partial charge is 0.493 e. The van der Waals surface area contributed by atoms with E-state index in [2.05, 4.69) is 0 Å². The first-order chi connectivity index (χ1) is 9.72. The van der Waals surface area contributed by atoms with Gasteiger partial charge in [-0.3, -0.25) is 10.1 Å². The van der Waals surface area contributed by atoms with E-state index in [1.165, 1.54) is 32.4 Å². The Balaban J connectivity index is 3.15. The van der Waals surface area contributed by atoms with Crippen molar-refractivity contribution in [3.8, 4) is 11.5 Å². The van der Waals surface area contributed by atoms with Gasteiger partial charge in [-0.05, 0) is 17.7 Å². The topological polar surface area (TPSA) is 133 Å². The van der Waals surface area contributed by atoms with Gasteiger partial charge in [0.1, 0.15) is 0 Å². The second-order valence-corrected chi connectivity index (χ2v) is 6.03. The van der Waals surface area contributed by atoms with E-state index >= 15 is 0 Å². The van der Waals surface area contributed by atoms with Gasteiger partial charge in [-0.1, -0.05) is 6.07 Å². The summed E-state index contributed by atoms with van der Waals surface area (Å²) in [6.07, 6.45) is 0. The van der Waals surface area contributed by atoms with Gasteiger partial charge in [-0.15, -0.1) is 0 Å². The van der Waals surface area contributed by atoms with Crippen molar-refractivity contribution >= 4 is 15.8 Å². The SMILES string of the molecule is COc1ccc(CS(=O)(=O)C(C(=O)O)[N+](=O)[O-])cc1OC. The minimum atomic E-state index is -4.51. The lowest BCUT2D eigenvalue weighted by Crippen LogP contribution is -2.38. The third-order valence-electron chi connectivity index (χ3n) is 2.56. The molecule has 0 aliphatic heterocycles. The molecule has 0 aliphatic carbocycles. The number of sulfone groups is 1. The van der Waals surface area contributed by atoms with Crippen LogP contribution in [0.4, 0.5) is 0 Å². The van der Waals surface area contributed by atoms with E-state index in [1.54, 1.807) is 0 Å². The zero-order valence-electron chi connectivity index (χ0n) is 11.2. The number of hydrogen-bond donors (Lipinski definition) is 1. The minimum absolute atomic E-state index is 0.153. The second-order valence-electron chi connectivity index (χ2n) is 3.97.